The molecule has 0 aromatic carbocycles. The molecule has 5 heteroatoms. The van der Waals surface area contributed by atoms with Crippen molar-refractivity contribution in [3.05, 3.63) is 36.5 Å². The topological polar surface area (TPSA) is 89.8 Å². The summed E-state index contributed by atoms with van der Waals surface area (Å²) in [6.45, 7) is 4.16. The van der Waals surface area contributed by atoms with E-state index in [1.807, 2.05) is 0 Å². The number of nitrogens with one attached hydrogen (secondary N) is 1. The van der Waals surface area contributed by atoms with Gasteiger partial charge in [-0.25, -0.2) is 0 Å². The van der Waals surface area contributed by atoms with Crippen LogP contribution in [0.25, 0.3) is 0 Å². The molecule has 324 valence electrons. The van der Waals surface area contributed by atoms with Crippen LogP contribution in [0.4, 0.5) is 0 Å². The van der Waals surface area contributed by atoms with Crippen LogP contribution in [0.1, 0.15) is 251 Å². The van der Waals surface area contributed by atoms with Gasteiger partial charge in [-0.05, 0) is 70.6 Å². The van der Waals surface area contributed by atoms with Gasteiger partial charge in [-0.1, -0.05) is 211 Å². The zero-order valence-corrected chi connectivity index (χ0v) is 36.8. The van der Waals surface area contributed by atoms with Crippen LogP contribution < -0.4 is 5.32 Å². The zero-order valence-electron chi connectivity index (χ0n) is 36.8. The van der Waals surface area contributed by atoms with E-state index < -0.39 is 18.2 Å². The van der Waals surface area contributed by atoms with Crippen molar-refractivity contribution >= 4 is 5.91 Å². The van der Waals surface area contributed by atoms with Crippen molar-refractivity contribution in [3.8, 4) is 0 Å². The summed E-state index contributed by atoms with van der Waals surface area (Å²) in [5.41, 5.74) is 0. The van der Waals surface area contributed by atoms with Crippen LogP contribution in [-0.2, 0) is 4.79 Å². The number of unbranched alkanes of at least 4 members (excludes halogenated alkanes) is 30. The van der Waals surface area contributed by atoms with Crippen molar-refractivity contribution in [2.45, 2.75) is 270 Å². The molecule has 4 N–H and O–H groups in total. The Morgan fingerprint density at radius 2 is 0.782 bits per heavy atom. The highest BCUT2D eigenvalue weighted by Crippen LogP contribution is 2.15. The lowest BCUT2D eigenvalue weighted by molar-refractivity contribution is -0.124. The van der Waals surface area contributed by atoms with E-state index in [2.05, 4.69) is 55.6 Å². The van der Waals surface area contributed by atoms with Crippen molar-refractivity contribution in [2.75, 3.05) is 6.61 Å². The molecule has 55 heavy (non-hydrogen) atoms. The Bertz CT molecular complexity index is 855. The first-order valence-electron chi connectivity index (χ1n) is 24.3. The van der Waals surface area contributed by atoms with E-state index in [1.165, 1.54) is 180 Å². The number of hydrogen-bond donors (Lipinski definition) is 4. The lowest BCUT2D eigenvalue weighted by atomic mass is 10.0. The molecule has 0 heterocycles. The van der Waals surface area contributed by atoms with Gasteiger partial charge in [0.1, 0.15) is 6.10 Å². The summed E-state index contributed by atoms with van der Waals surface area (Å²) in [5, 5.41) is 33.5. The predicted octanol–water partition coefficient (Wildman–Crippen LogP) is 14.3. The average molecular weight is 774 g/mol. The zero-order chi connectivity index (χ0) is 40.1. The van der Waals surface area contributed by atoms with Gasteiger partial charge in [0, 0.05) is 6.42 Å². The van der Waals surface area contributed by atoms with Crippen molar-refractivity contribution in [3.63, 3.8) is 0 Å². The molecule has 3 atom stereocenters. The molecule has 0 rings (SSSR count). The summed E-state index contributed by atoms with van der Waals surface area (Å²) >= 11 is 0. The molecule has 0 bridgehead atoms. The third-order valence-electron chi connectivity index (χ3n) is 11.2. The smallest absolute Gasteiger partial charge is 0.220 e. The maximum Gasteiger partial charge on any atom is 0.220 e. The molecule has 0 aliphatic heterocycles. The van der Waals surface area contributed by atoms with E-state index in [9.17, 15) is 20.1 Å². The van der Waals surface area contributed by atoms with Crippen molar-refractivity contribution in [1.29, 1.82) is 0 Å². The van der Waals surface area contributed by atoms with Gasteiger partial charge in [-0.3, -0.25) is 4.79 Å². The molecule has 0 radical (unpaired) electrons. The largest absolute Gasteiger partial charge is 0.394 e. The molecule has 0 aliphatic carbocycles. The average Bonchev–Trinajstić information content (AvgIpc) is 3.19. The molecule has 1 amide bonds. The molecule has 0 saturated heterocycles. The first kappa shape index (κ1) is 53.6. The minimum Gasteiger partial charge on any atom is -0.394 e. The number of amides is 1. The highest BCUT2D eigenvalue weighted by atomic mass is 16.3. The normalized spacial score (nSPS) is 13.8. The predicted molar refractivity (Wildman–Crippen MR) is 241 cm³/mol. The second kappa shape index (κ2) is 45.3. The van der Waals surface area contributed by atoms with E-state index in [1.54, 1.807) is 0 Å². The molecule has 0 aromatic heterocycles. The van der Waals surface area contributed by atoms with Gasteiger partial charge >= 0.3 is 0 Å². The van der Waals surface area contributed by atoms with Gasteiger partial charge in [0.05, 0.1) is 18.8 Å². The molecule has 0 aromatic rings. The molecule has 0 fully saturated rings. The summed E-state index contributed by atoms with van der Waals surface area (Å²) in [4.78, 5) is 12.4. The highest BCUT2D eigenvalue weighted by molar-refractivity contribution is 5.76. The van der Waals surface area contributed by atoms with Crippen molar-refractivity contribution in [2.24, 2.45) is 0 Å². The second-order valence-corrected chi connectivity index (χ2v) is 16.7. The molecule has 5 nitrogen and oxygen atoms in total. The molecular formula is C50H95NO4. The molecule has 0 spiro atoms. The van der Waals surface area contributed by atoms with Crippen LogP contribution in [0.5, 0.6) is 0 Å². The van der Waals surface area contributed by atoms with E-state index in [4.69, 9.17) is 0 Å². The Labute approximate surface area is 343 Å². The number of hydrogen-bond acceptors (Lipinski definition) is 4. The summed E-state index contributed by atoms with van der Waals surface area (Å²) in [7, 11) is 0. The Morgan fingerprint density at radius 1 is 0.455 bits per heavy atom. The van der Waals surface area contributed by atoms with Crippen LogP contribution in [0.3, 0.4) is 0 Å². The van der Waals surface area contributed by atoms with Gasteiger partial charge < -0.3 is 20.6 Å². The van der Waals surface area contributed by atoms with Crippen LogP contribution in [0, 0.1) is 0 Å². The van der Waals surface area contributed by atoms with Crippen molar-refractivity contribution < 1.29 is 20.1 Å². The number of rotatable bonds is 44. The van der Waals surface area contributed by atoms with Gasteiger partial charge in [-0.15, -0.1) is 0 Å². The number of aliphatic hydroxyl groups is 3. The fourth-order valence-corrected chi connectivity index (χ4v) is 7.43. The molecule has 3 unspecified atom stereocenters. The first-order valence-corrected chi connectivity index (χ1v) is 24.3. The number of aliphatic hydroxyl groups excluding tert-OH is 3. The highest BCUT2D eigenvalue weighted by Gasteiger charge is 2.26. The Balaban J connectivity index is 3.56. The van der Waals surface area contributed by atoms with Gasteiger partial charge in [0.2, 0.25) is 5.91 Å². The lowest BCUT2D eigenvalue weighted by Crippen LogP contribution is -2.50. The molecular weight excluding hydrogens is 679 g/mol. The monoisotopic (exact) mass is 774 g/mol. The van der Waals surface area contributed by atoms with Crippen LogP contribution in [0.15, 0.2) is 36.5 Å². The third kappa shape index (κ3) is 40.6. The van der Waals surface area contributed by atoms with Gasteiger partial charge in [0.25, 0.3) is 0 Å². The third-order valence-corrected chi connectivity index (χ3v) is 11.2. The summed E-state index contributed by atoms with van der Waals surface area (Å²) in [6, 6.07) is -0.825. The van der Waals surface area contributed by atoms with E-state index in [0.717, 1.165) is 44.9 Å². The first-order chi connectivity index (χ1) is 27.1. The standard InChI is InChI=1S/C50H95NO4/c1-3-5-7-9-11-13-15-17-18-19-20-21-22-23-24-25-26-27-28-29-30-31-32-33-35-37-39-41-43-45-49(54)51-47(46-52)50(55)48(53)44-42-40-38-36-34-16-14-12-10-8-6-4-2/h20-21,23-24,36,38,47-48,50,52-53,55H,3-19,22,25-35,37,39-46H2,1-2H3,(H,51,54)/b21-20-,24-23-,38-36+. The summed E-state index contributed by atoms with van der Waals surface area (Å²) in [6.07, 6.45) is 57.1. The van der Waals surface area contributed by atoms with Crippen LogP contribution in [0.2, 0.25) is 0 Å². The molecule has 0 aliphatic rings. The van der Waals surface area contributed by atoms with Crippen LogP contribution >= 0.6 is 0 Å². The summed E-state index contributed by atoms with van der Waals surface area (Å²) < 4.78 is 0. The van der Waals surface area contributed by atoms with Gasteiger partial charge in [0.15, 0.2) is 0 Å². The van der Waals surface area contributed by atoms with E-state index >= 15 is 0 Å². The maximum absolute atomic E-state index is 12.4. The van der Waals surface area contributed by atoms with Crippen molar-refractivity contribution in [1.82, 2.24) is 5.32 Å². The Hall–Kier alpha value is -1.43. The van der Waals surface area contributed by atoms with E-state index in [-0.39, 0.29) is 12.5 Å². The lowest BCUT2D eigenvalue weighted by Gasteiger charge is -2.26. The minimum atomic E-state index is -1.16. The SMILES string of the molecule is CCCCCCCCC/C=C/CCCC(O)C(O)C(CO)NC(=O)CCCCCCCCCCCCCCC/C=C\C/C=C\CCCCCCCCCCC. The minimum absolute atomic E-state index is 0.155. The Morgan fingerprint density at radius 3 is 1.16 bits per heavy atom. The fourth-order valence-electron chi connectivity index (χ4n) is 7.43. The number of carbonyl (C=O) groups is 1. The molecule has 0 saturated carbocycles. The van der Waals surface area contributed by atoms with Gasteiger partial charge in [-0.2, -0.15) is 0 Å². The number of allylic oxidation sites excluding steroid dienone is 6. The van der Waals surface area contributed by atoms with E-state index in [0.29, 0.717) is 12.8 Å². The fraction of sp³-hybridized carbons (Fsp3) is 0.860. The maximum atomic E-state index is 12.4. The summed E-state index contributed by atoms with van der Waals surface area (Å²) in [5.74, 6) is -0.155. The Kier molecular flexibility index (Phi) is 44.1. The number of carbonyl (C=O) groups excluding carboxylic acids is 1. The quantitative estimate of drug-likeness (QED) is 0.0367. The second-order valence-electron chi connectivity index (χ2n) is 16.7. The van der Waals surface area contributed by atoms with Crippen LogP contribution in [-0.4, -0.2) is 46.1 Å².